The van der Waals surface area contributed by atoms with E-state index in [-0.39, 0.29) is 28.6 Å². The third-order valence-corrected chi connectivity index (χ3v) is 7.70. The van der Waals surface area contributed by atoms with Gasteiger partial charge in [-0.1, -0.05) is 24.3 Å². The Balaban J connectivity index is 1.59. The van der Waals surface area contributed by atoms with Crippen molar-refractivity contribution < 1.29 is 27.2 Å². The summed E-state index contributed by atoms with van der Waals surface area (Å²) in [5.41, 5.74) is 1.27. The van der Waals surface area contributed by atoms with Crippen LogP contribution in [0.1, 0.15) is 30.1 Å². The number of benzene rings is 2. The summed E-state index contributed by atoms with van der Waals surface area (Å²) in [5, 5.41) is 12.5. The Kier molecular flexibility index (Phi) is 5.49. The molecule has 33 heavy (non-hydrogen) atoms. The summed E-state index contributed by atoms with van der Waals surface area (Å²) in [4.78, 5) is 4.37. The number of aromatic nitrogens is 1. The van der Waals surface area contributed by atoms with E-state index in [4.69, 9.17) is 0 Å². The third kappa shape index (κ3) is 3.54. The highest BCUT2D eigenvalue weighted by molar-refractivity contribution is 5.82. The summed E-state index contributed by atoms with van der Waals surface area (Å²) in [5.74, 6) is -5.92. The lowest BCUT2D eigenvalue weighted by Gasteiger charge is -2.58. The van der Waals surface area contributed by atoms with Crippen LogP contribution in [0.2, 0.25) is 0 Å². The second kappa shape index (κ2) is 8.22. The SMILES string of the molecule is C=CC1C[N+]2(Cc3cc(F)c(F)c(F)c3F)CCC1CC2[C@H](O)c1ccnc2ccccc12. The summed E-state index contributed by atoms with van der Waals surface area (Å²) in [6, 6.07) is 9.74. The Bertz CT molecular complexity index is 1230. The molecule has 172 valence electrons. The second-order valence-corrected chi connectivity index (χ2v) is 9.36. The Hall–Kier alpha value is -2.77. The zero-order chi connectivity index (χ0) is 23.3. The fourth-order valence-corrected chi connectivity index (χ4v) is 6.04. The van der Waals surface area contributed by atoms with Crippen LogP contribution in [0.25, 0.3) is 10.9 Å². The van der Waals surface area contributed by atoms with Gasteiger partial charge in [0.25, 0.3) is 0 Å². The molecule has 3 aliphatic heterocycles. The molecule has 3 nitrogen and oxygen atoms in total. The molecule has 6 rings (SSSR count). The van der Waals surface area contributed by atoms with Crippen LogP contribution in [-0.2, 0) is 6.54 Å². The smallest absolute Gasteiger partial charge is 0.197 e. The van der Waals surface area contributed by atoms with E-state index < -0.39 is 29.4 Å². The molecule has 1 N–H and O–H groups in total. The van der Waals surface area contributed by atoms with E-state index >= 15 is 0 Å². The summed E-state index contributed by atoms with van der Waals surface area (Å²) in [7, 11) is 0. The summed E-state index contributed by atoms with van der Waals surface area (Å²) in [6.07, 6.45) is 4.15. The normalized spacial score (nSPS) is 27.6. The molecule has 0 spiro atoms. The minimum absolute atomic E-state index is 0.0399. The number of fused-ring (bicyclic) bond motifs is 4. The molecular formula is C26H25F4N2O+. The number of pyridine rings is 1. The molecule has 5 atom stereocenters. The number of hydrogen-bond donors (Lipinski definition) is 1. The Labute approximate surface area is 189 Å². The highest BCUT2D eigenvalue weighted by atomic mass is 19.2. The highest BCUT2D eigenvalue weighted by Crippen LogP contribution is 2.48. The molecule has 3 aliphatic rings. The van der Waals surface area contributed by atoms with Gasteiger partial charge in [-0.3, -0.25) is 4.98 Å². The van der Waals surface area contributed by atoms with Crippen LogP contribution < -0.4 is 0 Å². The van der Waals surface area contributed by atoms with Crippen molar-refractivity contribution in [2.24, 2.45) is 11.8 Å². The molecule has 3 fully saturated rings. The molecule has 1 aromatic heterocycles. The van der Waals surface area contributed by atoms with Crippen LogP contribution in [0, 0.1) is 35.1 Å². The number of hydrogen-bond acceptors (Lipinski definition) is 2. The lowest BCUT2D eigenvalue weighted by Crippen LogP contribution is -2.67. The Morgan fingerprint density at radius 2 is 1.91 bits per heavy atom. The largest absolute Gasteiger partial charge is 0.382 e. The minimum Gasteiger partial charge on any atom is -0.382 e. The van der Waals surface area contributed by atoms with Gasteiger partial charge in [0.15, 0.2) is 23.3 Å². The maximum atomic E-state index is 14.7. The third-order valence-electron chi connectivity index (χ3n) is 7.70. The number of quaternary nitrogens is 1. The van der Waals surface area contributed by atoms with Crippen molar-refractivity contribution in [3.8, 4) is 0 Å². The number of aliphatic hydroxyl groups is 1. The highest BCUT2D eigenvalue weighted by Gasteiger charge is 2.54. The molecule has 0 aliphatic carbocycles. The second-order valence-electron chi connectivity index (χ2n) is 9.36. The minimum atomic E-state index is -1.81. The Morgan fingerprint density at radius 1 is 1.12 bits per heavy atom. The van der Waals surface area contributed by atoms with Gasteiger partial charge in [-0.2, -0.15) is 0 Å². The number of rotatable bonds is 5. The summed E-state index contributed by atoms with van der Waals surface area (Å²) >= 11 is 0. The number of para-hydroxylation sites is 1. The van der Waals surface area contributed by atoms with Crippen molar-refractivity contribution in [1.29, 1.82) is 0 Å². The molecule has 4 unspecified atom stereocenters. The van der Waals surface area contributed by atoms with Crippen LogP contribution >= 0.6 is 0 Å². The number of nitrogens with zero attached hydrogens (tertiary/aromatic N) is 2. The molecule has 4 heterocycles. The van der Waals surface area contributed by atoms with Crippen molar-refractivity contribution in [2.75, 3.05) is 13.1 Å². The lowest BCUT2D eigenvalue weighted by molar-refractivity contribution is -0.985. The van der Waals surface area contributed by atoms with Crippen LogP contribution in [0.4, 0.5) is 17.6 Å². The monoisotopic (exact) mass is 457 g/mol. The van der Waals surface area contributed by atoms with Crippen molar-refractivity contribution in [1.82, 2.24) is 4.98 Å². The first-order valence-electron chi connectivity index (χ1n) is 11.2. The number of piperidine rings is 3. The van der Waals surface area contributed by atoms with Crippen molar-refractivity contribution >= 4 is 10.9 Å². The Morgan fingerprint density at radius 3 is 2.70 bits per heavy atom. The van der Waals surface area contributed by atoms with E-state index in [9.17, 15) is 22.7 Å². The molecular weight excluding hydrogens is 432 g/mol. The van der Waals surface area contributed by atoms with Gasteiger partial charge in [-0.15, -0.1) is 6.58 Å². The predicted octanol–water partition coefficient (Wildman–Crippen LogP) is 5.44. The van der Waals surface area contributed by atoms with Crippen molar-refractivity contribution in [3.05, 3.63) is 89.6 Å². The van der Waals surface area contributed by atoms with E-state index in [1.807, 2.05) is 30.3 Å². The first kappa shape index (κ1) is 22.0. The van der Waals surface area contributed by atoms with Gasteiger partial charge < -0.3 is 9.59 Å². The van der Waals surface area contributed by atoms with Gasteiger partial charge in [0.2, 0.25) is 0 Å². The average Bonchev–Trinajstić information content (AvgIpc) is 2.85. The van der Waals surface area contributed by atoms with Crippen molar-refractivity contribution in [2.45, 2.75) is 31.5 Å². The fraction of sp³-hybridized carbons (Fsp3) is 0.346. The van der Waals surface area contributed by atoms with Gasteiger partial charge in [0.05, 0.1) is 18.6 Å². The van der Waals surface area contributed by atoms with Gasteiger partial charge in [-0.05, 0) is 29.7 Å². The van der Waals surface area contributed by atoms with Crippen LogP contribution in [-0.4, -0.2) is 33.7 Å². The predicted molar refractivity (Wildman–Crippen MR) is 117 cm³/mol. The summed E-state index contributed by atoms with van der Waals surface area (Å²) in [6.45, 7) is 5.10. The number of halogens is 4. The molecule has 0 saturated carbocycles. The van der Waals surface area contributed by atoms with Gasteiger partial charge in [0.1, 0.15) is 18.7 Å². The maximum absolute atomic E-state index is 14.7. The van der Waals surface area contributed by atoms with Gasteiger partial charge in [-0.25, -0.2) is 17.6 Å². The zero-order valence-electron chi connectivity index (χ0n) is 18.0. The maximum Gasteiger partial charge on any atom is 0.197 e. The zero-order valence-corrected chi connectivity index (χ0v) is 18.0. The first-order chi connectivity index (χ1) is 15.8. The van der Waals surface area contributed by atoms with E-state index in [0.717, 1.165) is 29.0 Å². The van der Waals surface area contributed by atoms with E-state index in [0.29, 0.717) is 25.4 Å². The quantitative estimate of drug-likeness (QED) is 0.182. The first-order valence-corrected chi connectivity index (χ1v) is 11.2. The van der Waals surface area contributed by atoms with Crippen LogP contribution in [0.5, 0.6) is 0 Å². The number of aliphatic hydroxyl groups excluding tert-OH is 1. The molecule has 2 aromatic carbocycles. The molecule has 0 radical (unpaired) electrons. The van der Waals surface area contributed by atoms with Crippen LogP contribution in [0.15, 0.2) is 55.3 Å². The van der Waals surface area contributed by atoms with E-state index in [2.05, 4.69) is 11.6 Å². The molecule has 3 aromatic rings. The summed E-state index contributed by atoms with van der Waals surface area (Å²) < 4.78 is 56.5. The van der Waals surface area contributed by atoms with E-state index in [1.54, 1.807) is 12.3 Å². The average molecular weight is 457 g/mol. The fourth-order valence-electron chi connectivity index (χ4n) is 6.04. The molecule has 0 amide bonds. The molecule has 3 saturated heterocycles. The van der Waals surface area contributed by atoms with Gasteiger partial charge in [0, 0.05) is 35.9 Å². The molecule has 2 bridgehead atoms. The van der Waals surface area contributed by atoms with E-state index in [1.165, 1.54) is 0 Å². The lowest BCUT2D eigenvalue weighted by atomic mass is 9.71. The van der Waals surface area contributed by atoms with Crippen LogP contribution in [0.3, 0.4) is 0 Å². The topological polar surface area (TPSA) is 33.1 Å². The van der Waals surface area contributed by atoms with Crippen molar-refractivity contribution in [3.63, 3.8) is 0 Å². The molecule has 7 heteroatoms. The standard InChI is InChI=1S/C26H25F4N2O/c1-2-15-13-32(14-17-11-20(27)24(29)25(30)23(17)28)10-8-16(15)12-22(32)26(33)19-7-9-31-21-6-4-3-5-18(19)21/h2-7,9,11,15-16,22,26,33H,1,8,10,12-14H2/q+1/t15?,16?,22?,26-,32?/m1/s1. The van der Waals surface area contributed by atoms with Gasteiger partial charge >= 0.3 is 0 Å².